The van der Waals surface area contributed by atoms with E-state index in [1.165, 1.54) is 0 Å². The smallest absolute Gasteiger partial charge is 0.0770 e. The Hall–Kier alpha value is -2.17. The van der Waals surface area contributed by atoms with E-state index in [9.17, 15) is 0 Å². The molecule has 15 heavy (non-hydrogen) atoms. The summed E-state index contributed by atoms with van der Waals surface area (Å²) in [6.45, 7) is 0. The molecule has 1 aromatic carbocycles. The molecule has 0 bridgehead atoms. The number of hydrogen-bond donors (Lipinski definition) is 3. The van der Waals surface area contributed by atoms with Crippen LogP contribution in [0.4, 0.5) is 22.7 Å². The predicted molar refractivity (Wildman–Crippen MR) is 61.8 cm³/mol. The van der Waals surface area contributed by atoms with Gasteiger partial charge in [0.1, 0.15) is 0 Å². The van der Waals surface area contributed by atoms with Gasteiger partial charge in [0.15, 0.2) is 0 Å². The van der Waals surface area contributed by atoms with Crippen LogP contribution in [0.25, 0.3) is 0 Å². The van der Waals surface area contributed by atoms with Gasteiger partial charge in [0, 0.05) is 18.9 Å². The van der Waals surface area contributed by atoms with Crippen LogP contribution in [0.2, 0.25) is 0 Å². The first kappa shape index (κ1) is 9.39. The van der Waals surface area contributed by atoms with Crippen molar-refractivity contribution in [2.24, 2.45) is 7.05 Å². The number of hydrogen-bond acceptors (Lipinski definition) is 4. The fraction of sp³-hybridized carbons (Fsp3) is 0.100. The molecule has 78 valence electrons. The van der Waals surface area contributed by atoms with E-state index in [0.717, 1.165) is 11.4 Å². The summed E-state index contributed by atoms with van der Waals surface area (Å²) in [6.07, 6.45) is 3.62. The van der Waals surface area contributed by atoms with Gasteiger partial charge in [-0.1, -0.05) is 0 Å². The number of anilines is 4. The Labute approximate surface area is 87.7 Å². The molecule has 1 heterocycles. The van der Waals surface area contributed by atoms with Gasteiger partial charge in [0.05, 0.1) is 23.3 Å². The van der Waals surface area contributed by atoms with Crippen LogP contribution in [0.1, 0.15) is 0 Å². The van der Waals surface area contributed by atoms with Crippen LogP contribution in [0, 0.1) is 0 Å². The lowest BCUT2D eigenvalue weighted by atomic mass is 10.2. The Morgan fingerprint density at radius 1 is 1.20 bits per heavy atom. The zero-order valence-corrected chi connectivity index (χ0v) is 8.44. The minimum absolute atomic E-state index is 0.573. The van der Waals surface area contributed by atoms with E-state index in [0.29, 0.717) is 11.4 Å². The van der Waals surface area contributed by atoms with E-state index in [-0.39, 0.29) is 0 Å². The summed E-state index contributed by atoms with van der Waals surface area (Å²) in [6, 6.07) is 5.44. The normalized spacial score (nSPS) is 10.2. The average molecular weight is 203 g/mol. The van der Waals surface area contributed by atoms with Gasteiger partial charge in [-0.15, -0.1) is 0 Å². The van der Waals surface area contributed by atoms with Crippen molar-refractivity contribution in [1.82, 2.24) is 9.78 Å². The van der Waals surface area contributed by atoms with Gasteiger partial charge in [0.2, 0.25) is 0 Å². The Kier molecular flexibility index (Phi) is 2.21. The molecule has 0 spiro atoms. The fourth-order valence-corrected chi connectivity index (χ4v) is 1.30. The lowest BCUT2D eigenvalue weighted by Crippen LogP contribution is -1.96. The fourth-order valence-electron chi connectivity index (χ4n) is 1.30. The number of benzene rings is 1. The van der Waals surface area contributed by atoms with Crippen LogP contribution in [0.3, 0.4) is 0 Å². The first-order valence-electron chi connectivity index (χ1n) is 4.56. The molecular formula is C10H13N5. The standard InChI is InChI=1S/C10H13N5/c1-15-6-8(5-13-15)14-7-2-3-9(11)10(12)4-7/h2-6,14H,11-12H2,1H3. The van der Waals surface area contributed by atoms with E-state index in [1.54, 1.807) is 23.0 Å². The van der Waals surface area contributed by atoms with Gasteiger partial charge >= 0.3 is 0 Å². The number of nitrogens with two attached hydrogens (primary N) is 2. The van der Waals surface area contributed by atoms with Crippen molar-refractivity contribution in [2.75, 3.05) is 16.8 Å². The molecule has 0 aliphatic rings. The van der Waals surface area contributed by atoms with E-state index < -0.39 is 0 Å². The van der Waals surface area contributed by atoms with Crippen molar-refractivity contribution >= 4 is 22.7 Å². The van der Waals surface area contributed by atoms with Crippen LogP contribution >= 0.6 is 0 Å². The second kappa shape index (κ2) is 3.53. The summed E-state index contributed by atoms with van der Waals surface area (Å²) in [5.74, 6) is 0. The number of nitrogens with one attached hydrogen (secondary N) is 1. The zero-order chi connectivity index (χ0) is 10.8. The van der Waals surface area contributed by atoms with Gasteiger partial charge in [-0.2, -0.15) is 5.10 Å². The molecule has 0 radical (unpaired) electrons. The molecule has 1 aromatic heterocycles. The van der Waals surface area contributed by atoms with E-state index >= 15 is 0 Å². The van der Waals surface area contributed by atoms with Crippen molar-refractivity contribution in [3.63, 3.8) is 0 Å². The molecule has 2 rings (SSSR count). The molecular weight excluding hydrogens is 190 g/mol. The highest BCUT2D eigenvalue weighted by Crippen LogP contribution is 2.22. The minimum atomic E-state index is 0.573. The number of aryl methyl sites for hydroxylation is 1. The first-order chi connectivity index (χ1) is 7.15. The first-order valence-corrected chi connectivity index (χ1v) is 4.56. The van der Waals surface area contributed by atoms with E-state index in [1.807, 2.05) is 19.3 Å². The third-order valence-electron chi connectivity index (χ3n) is 2.08. The number of nitrogens with zero attached hydrogens (tertiary/aromatic N) is 2. The van der Waals surface area contributed by atoms with Gasteiger partial charge < -0.3 is 16.8 Å². The Morgan fingerprint density at radius 2 is 2.00 bits per heavy atom. The Bertz CT molecular complexity index is 474. The molecule has 5 nitrogen and oxygen atoms in total. The van der Waals surface area contributed by atoms with Crippen LogP contribution in [0.5, 0.6) is 0 Å². The van der Waals surface area contributed by atoms with Gasteiger partial charge in [-0.3, -0.25) is 4.68 Å². The Morgan fingerprint density at radius 3 is 2.60 bits per heavy atom. The molecule has 0 fully saturated rings. The van der Waals surface area contributed by atoms with Crippen molar-refractivity contribution in [2.45, 2.75) is 0 Å². The van der Waals surface area contributed by atoms with Crippen LogP contribution < -0.4 is 16.8 Å². The van der Waals surface area contributed by atoms with E-state index in [4.69, 9.17) is 11.5 Å². The highest BCUT2D eigenvalue weighted by molar-refractivity contribution is 5.71. The number of aromatic nitrogens is 2. The molecule has 0 saturated carbocycles. The molecule has 0 aliphatic heterocycles. The maximum atomic E-state index is 5.69. The highest BCUT2D eigenvalue weighted by Gasteiger charge is 1.99. The summed E-state index contributed by atoms with van der Waals surface area (Å²) in [5, 5.41) is 7.22. The second-order valence-electron chi connectivity index (χ2n) is 3.37. The van der Waals surface area contributed by atoms with E-state index in [2.05, 4.69) is 10.4 Å². The third kappa shape index (κ3) is 2.01. The predicted octanol–water partition coefficient (Wildman–Crippen LogP) is 1.33. The molecule has 0 unspecified atom stereocenters. The number of nitrogen functional groups attached to an aromatic ring is 2. The SMILES string of the molecule is Cn1cc(Nc2ccc(N)c(N)c2)cn1. The van der Waals surface area contributed by atoms with Gasteiger partial charge in [-0.25, -0.2) is 0 Å². The molecule has 0 aliphatic carbocycles. The molecule has 0 amide bonds. The quantitative estimate of drug-likeness (QED) is 0.643. The maximum absolute atomic E-state index is 5.69. The lowest BCUT2D eigenvalue weighted by Gasteiger charge is -2.05. The zero-order valence-electron chi connectivity index (χ0n) is 8.44. The van der Waals surface area contributed by atoms with Gasteiger partial charge in [0.25, 0.3) is 0 Å². The Balaban J connectivity index is 2.21. The summed E-state index contributed by atoms with van der Waals surface area (Å²) in [7, 11) is 1.86. The third-order valence-corrected chi connectivity index (χ3v) is 2.08. The van der Waals surface area contributed by atoms with Gasteiger partial charge in [-0.05, 0) is 18.2 Å². The maximum Gasteiger partial charge on any atom is 0.0770 e. The monoisotopic (exact) mass is 203 g/mol. The average Bonchev–Trinajstić information content (AvgIpc) is 2.58. The van der Waals surface area contributed by atoms with Crippen LogP contribution in [0.15, 0.2) is 30.6 Å². The summed E-state index contributed by atoms with van der Waals surface area (Å²) < 4.78 is 1.73. The van der Waals surface area contributed by atoms with Crippen molar-refractivity contribution < 1.29 is 0 Å². The lowest BCUT2D eigenvalue weighted by molar-refractivity contribution is 0.768. The van der Waals surface area contributed by atoms with Crippen molar-refractivity contribution in [1.29, 1.82) is 0 Å². The topological polar surface area (TPSA) is 81.9 Å². The minimum Gasteiger partial charge on any atom is -0.397 e. The summed E-state index contributed by atoms with van der Waals surface area (Å²) >= 11 is 0. The summed E-state index contributed by atoms with van der Waals surface area (Å²) in [5.41, 5.74) is 14.3. The molecule has 2 aromatic rings. The molecule has 0 atom stereocenters. The molecule has 5 N–H and O–H groups in total. The van der Waals surface area contributed by atoms with Crippen LogP contribution in [-0.4, -0.2) is 9.78 Å². The summed E-state index contributed by atoms with van der Waals surface area (Å²) in [4.78, 5) is 0. The van der Waals surface area contributed by atoms with Crippen LogP contribution in [-0.2, 0) is 7.05 Å². The molecule has 5 heteroatoms. The molecule has 0 saturated heterocycles. The van der Waals surface area contributed by atoms with Crippen molar-refractivity contribution in [3.05, 3.63) is 30.6 Å². The second-order valence-corrected chi connectivity index (χ2v) is 3.37. The highest BCUT2D eigenvalue weighted by atomic mass is 15.3. The largest absolute Gasteiger partial charge is 0.397 e. The van der Waals surface area contributed by atoms with Crippen molar-refractivity contribution in [3.8, 4) is 0 Å². The number of rotatable bonds is 2.